The molecule has 4 nitrogen and oxygen atoms in total. The first-order chi connectivity index (χ1) is 7.76. The quantitative estimate of drug-likeness (QED) is 0.793. The van der Waals surface area contributed by atoms with E-state index < -0.39 is 0 Å². The lowest BCUT2D eigenvalue weighted by molar-refractivity contribution is 0.111. The van der Waals surface area contributed by atoms with Crippen LogP contribution in [0.15, 0.2) is 30.5 Å². The van der Waals surface area contributed by atoms with Gasteiger partial charge in [-0.1, -0.05) is 0 Å². The standard InChI is InChI=1S/C11H9FN2O2/c12-8-1-3-9(4-2-8)14-10(6-15)5-13-11(14)7-16/h1-6,16H,7H2. The Kier molecular flexibility index (Phi) is 2.78. The van der Waals surface area contributed by atoms with Crippen molar-refractivity contribution in [3.05, 3.63) is 47.8 Å². The van der Waals surface area contributed by atoms with Crippen molar-refractivity contribution in [3.63, 3.8) is 0 Å². The predicted octanol–water partition coefficient (Wildman–Crippen LogP) is 1.32. The fourth-order valence-corrected chi connectivity index (χ4v) is 1.49. The molecule has 0 saturated heterocycles. The maximum Gasteiger partial charge on any atom is 0.168 e. The number of imidazole rings is 1. The molecule has 0 atom stereocenters. The Morgan fingerprint density at radius 1 is 1.38 bits per heavy atom. The van der Waals surface area contributed by atoms with Crippen molar-refractivity contribution >= 4 is 6.29 Å². The zero-order valence-corrected chi connectivity index (χ0v) is 8.30. The van der Waals surface area contributed by atoms with Crippen LogP contribution in [0, 0.1) is 5.82 Å². The maximum atomic E-state index is 12.7. The van der Waals surface area contributed by atoms with E-state index in [1.807, 2.05) is 0 Å². The number of aliphatic hydroxyl groups excluding tert-OH is 1. The van der Waals surface area contributed by atoms with Gasteiger partial charge in [0, 0.05) is 5.69 Å². The van der Waals surface area contributed by atoms with Crippen molar-refractivity contribution in [2.45, 2.75) is 6.61 Å². The van der Waals surface area contributed by atoms with Gasteiger partial charge in [-0.05, 0) is 24.3 Å². The molecule has 1 N–H and O–H groups in total. The minimum Gasteiger partial charge on any atom is -0.388 e. The normalized spacial score (nSPS) is 10.4. The minimum absolute atomic E-state index is 0.286. The molecule has 1 heterocycles. The summed E-state index contributed by atoms with van der Waals surface area (Å²) < 4.78 is 14.2. The van der Waals surface area contributed by atoms with Gasteiger partial charge in [-0.2, -0.15) is 0 Å². The van der Waals surface area contributed by atoms with Gasteiger partial charge >= 0.3 is 0 Å². The van der Waals surface area contributed by atoms with Crippen LogP contribution < -0.4 is 0 Å². The Balaban J connectivity index is 2.57. The van der Waals surface area contributed by atoms with Crippen LogP contribution in [0.25, 0.3) is 5.69 Å². The Morgan fingerprint density at radius 2 is 2.06 bits per heavy atom. The highest BCUT2D eigenvalue weighted by Gasteiger charge is 2.10. The molecule has 0 fully saturated rings. The molecule has 0 aliphatic heterocycles. The number of hydrogen-bond acceptors (Lipinski definition) is 3. The first-order valence-corrected chi connectivity index (χ1v) is 4.65. The highest BCUT2D eigenvalue weighted by Crippen LogP contribution is 2.14. The van der Waals surface area contributed by atoms with E-state index in [1.54, 1.807) is 0 Å². The van der Waals surface area contributed by atoms with Crippen molar-refractivity contribution in [1.29, 1.82) is 0 Å². The number of carbonyl (C=O) groups is 1. The summed E-state index contributed by atoms with van der Waals surface area (Å²) in [5.41, 5.74) is 0.903. The van der Waals surface area contributed by atoms with Crippen molar-refractivity contribution in [2.75, 3.05) is 0 Å². The minimum atomic E-state index is -0.359. The molecule has 16 heavy (non-hydrogen) atoms. The van der Waals surface area contributed by atoms with Crippen LogP contribution >= 0.6 is 0 Å². The van der Waals surface area contributed by atoms with Crippen LogP contribution in [-0.2, 0) is 6.61 Å². The Morgan fingerprint density at radius 3 is 2.62 bits per heavy atom. The molecule has 0 radical (unpaired) electrons. The molecule has 0 bridgehead atoms. The predicted molar refractivity (Wildman–Crippen MR) is 54.8 cm³/mol. The fraction of sp³-hybridized carbons (Fsp3) is 0.0909. The highest BCUT2D eigenvalue weighted by atomic mass is 19.1. The van der Waals surface area contributed by atoms with Crippen molar-refractivity contribution in [1.82, 2.24) is 9.55 Å². The third kappa shape index (κ3) is 1.72. The molecular formula is C11H9FN2O2. The smallest absolute Gasteiger partial charge is 0.168 e. The van der Waals surface area contributed by atoms with Crippen molar-refractivity contribution < 1.29 is 14.3 Å². The number of nitrogens with zero attached hydrogens (tertiary/aromatic N) is 2. The Bertz CT molecular complexity index is 505. The summed E-state index contributed by atoms with van der Waals surface area (Å²) in [6.07, 6.45) is 2.00. The summed E-state index contributed by atoms with van der Waals surface area (Å²) in [7, 11) is 0. The summed E-state index contributed by atoms with van der Waals surface area (Å²) in [5, 5.41) is 9.07. The summed E-state index contributed by atoms with van der Waals surface area (Å²) in [4.78, 5) is 14.7. The van der Waals surface area contributed by atoms with E-state index in [0.717, 1.165) is 0 Å². The number of carbonyl (C=O) groups excluding carboxylic acids is 1. The molecule has 0 spiro atoms. The molecule has 5 heteroatoms. The molecule has 0 amide bonds. The monoisotopic (exact) mass is 220 g/mol. The van der Waals surface area contributed by atoms with Crippen LogP contribution in [0.5, 0.6) is 0 Å². The number of aromatic nitrogens is 2. The van der Waals surface area contributed by atoms with Crippen molar-refractivity contribution in [3.8, 4) is 5.69 Å². The number of hydrogen-bond donors (Lipinski definition) is 1. The Labute approximate surface area is 91.0 Å². The Hall–Kier alpha value is -2.01. The number of halogens is 1. The average molecular weight is 220 g/mol. The third-order valence-corrected chi connectivity index (χ3v) is 2.21. The second-order valence-corrected chi connectivity index (χ2v) is 3.19. The van der Waals surface area contributed by atoms with Crippen LogP contribution in [0.2, 0.25) is 0 Å². The lowest BCUT2D eigenvalue weighted by atomic mass is 10.3. The van der Waals surface area contributed by atoms with Crippen molar-refractivity contribution in [2.24, 2.45) is 0 Å². The second kappa shape index (κ2) is 4.24. The largest absolute Gasteiger partial charge is 0.388 e. The van der Waals surface area contributed by atoms with E-state index in [9.17, 15) is 9.18 Å². The maximum absolute atomic E-state index is 12.7. The van der Waals surface area contributed by atoms with Gasteiger partial charge < -0.3 is 5.11 Å². The van der Waals surface area contributed by atoms with E-state index in [1.165, 1.54) is 35.0 Å². The third-order valence-electron chi connectivity index (χ3n) is 2.21. The molecular weight excluding hydrogens is 211 g/mol. The lowest BCUT2D eigenvalue weighted by Gasteiger charge is -2.07. The zero-order chi connectivity index (χ0) is 11.5. The summed E-state index contributed by atoms with van der Waals surface area (Å²) >= 11 is 0. The first-order valence-electron chi connectivity index (χ1n) is 4.65. The molecule has 0 unspecified atom stereocenters. The van der Waals surface area contributed by atoms with E-state index in [0.29, 0.717) is 23.5 Å². The van der Waals surface area contributed by atoms with Gasteiger partial charge in [-0.15, -0.1) is 0 Å². The zero-order valence-electron chi connectivity index (χ0n) is 8.30. The van der Waals surface area contributed by atoms with E-state index in [4.69, 9.17) is 5.11 Å². The molecule has 0 aliphatic rings. The first kappa shape index (κ1) is 10.5. The summed E-state index contributed by atoms with van der Waals surface area (Å²) in [6.45, 7) is -0.286. The fourth-order valence-electron chi connectivity index (χ4n) is 1.49. The molecule has 2 rings (SSSR count). The molecule has 82 valence electrons. The van der Waals surface area contributed by atoms with Gasteiger partial charge in [0.2, 0.25) is 0 Å². The van der Waals surface area contributed by atoms with Gasteiger partial charge in [0.25, 0.3) is 0 Å². The number of rotatable bonds is 3. The van der Waals surface area contributed by atoms with Crippen LogP contribution in [0.4, 0.5) is 4.39 Å². The lowest BCUT2D eigenvalue weighted by Crippen LogP contribution is -2.04. The number of benzene rings is 1. The number of aliphatic hydroxyl groups is 1. The van der Waals surface area contributed by atoms with E-state index >= 15 is 0 Å². The molecule has 0 saturated carbocycles. The molecule has 0 aliphatic carbocycles. The average Bonchev–Trinajstić information content (AvgIpc) is 2.73. The molecule has 1 aromatic heterocycles. The van der Waals surface area contributed by atoms with Crippen LogP contribution in [0.1, 0.15) is 16.3 Å². The van der Waals surface area contributed by atoms with Gasteiger partial charge in [0.05, 0.1) is 6.20 Å². The molecule has 1 aromatic carbocycles. The summed E-state index contributed by atoms with van der Waals surface area (Å²) in [5.74, 6) is -0.0178. The van der Waals surface area contributed by atoms with Gasteiger partial charge in [-0.3, -0.25) is 9.36 Å². The topological polar surface area (TPSA) is 55.1 Å². The summed E-state index contributed by atoms with van der Waals surface area (Å²) in [6, 6.07) is 5.60. The van der Waals surface area contributed by atoms with E-state index in [2.05, 4.69) is 4.98 Å². The second-order valence-electron chi connectivity index (χ2n) is 3.19. The van der Waals surface area contributed by atoms with Crippen LogP contribution in [0.3, 0.4) is 0 Å². The van der Waals surface area contributed by atoms with Gasteiger partial charge in [-0.25, -0.2) is 9.37 Å². The molecule has 2 aromatic rings. The van der Waals surface area contributed by atoms with Gasteiger partial charge in [0.15, 0.2) is 6.29 Å². The highest BCUT2D eigenvalue weighted by molar-refractivity contribution is 5.73. The SMILES string of the molecule is O=Cc1cnc(CO)n1-c1ccc(F)cc1. The van der Waals surface area contributed by atoms with Crippen LogP contribution in [-0.4, -0.2) is 20.9 Å². The number of aldehydes is 1. The van der Waals surface area contributed by atoms with Gasteiger partial charge in [0.1, 0.15) is 23.9 Å². The van der Waals surface area contributed by atoms with E-state index in [-0.39, 0.29) is 12.4 Å².